The van der Waals surface area contributed by atoms with Gasteiger partial charge in [0.05, 0.1) is 12.2 Å². The van der Waals surface area contributed by atoms with Crippen molar-refractivity contribution in [2.45, 2.75) is 43.1 Å². The van der Waals surface area contributed by atoms with Crippen molar-refractivity contribution < 1.29 is 14.9 Å². The average Bonchev–Trinajstić information content (AvgIpc) is 3.07. The number of piperidine rings is 1. The molecule has 2 N–H and O–H groups in total. The summed E-state index contributed by atoms with van der Waals surface area (Å²) in [5.41, 5.74) is 11.1. The molecule has 3 aliphatic carbocycles. The Bertz CT molecular complexity index is 1090. The summed E-state index contributed by atoms with van der Waals surface area (Å²) in [6.45, 7) is 0.928. The number of rotatable bonds is 2. The molecule has 0 radical (unpaired) electrons. The van der Waals surface area contributed by atoms with E-state index in [9.17, 15) is 10.2 Å². The van der Waals surface area contributed by atoms with Crippen LogP contribution in [0.5, 0.6) is 0 Å². The monoisotopic (exact) mass is 404 g/mol. The number of hydrogen-bond acceptors (Lipinski definition) is 5. The van der Waals surface area contributed by atoms with Crippen LogP contribution in [-0.2, 0) is 10.3 Å². The van der Waals surface area contributed by atoms with Crippen LogP contribution in [0.2, 0.25) is 0 Å². The largest absolute Gasteiger partial charge is 0.509 e. The van der Waals surface area contributed by atoms with E-state index in [1.165, 1.54) is 5.57 Å². The minimum absolute atomic E-state index is 0.173. The van der Waals surface area contributed by atoms with E-state index in [1.807, 2.05) is 24.3 Å². The number of aliphatic hydroxyl groups is 2. The summed E-state index contributed by atoms with van der Waals surface area (Å²) < 4.78 is 6.76. The Labute approximate surface area is 174 Å². The molecule has 0 saturated carbocycles. The second kappa shape index (κ2) is 5.99. The molecule has 1 aromatic rings. The van der Waals surface area contributed by atoms with Crippen LogP contribution < -0.4 is 0 Å². The smallest absolute Gasteiger partial charge is 0.172 e. The Hall–Kier alpha value is -2.57. The summed E-state index contributed by atoms with van der Waals surface area (Å²) in [6, 6.07) is 7.64. The van der Waals surface area contributed by atoms with Crippen LogP contribution in [0.25, 0.3) is 10.4 Å². The zero-order valence-electron chi connectivity index (χ0n) is 16.8. The maximum atomic E-state index is 11.3. The first-order valence-electron chi connectivity index (χ1n) is 10.5. The first-order valence-corrected chi connectivity index (χ1v) is 10.5. The van der Waals surface area contributed by atoms with Gasteiger partial charge in [-0.15, -0.1) is 0 Å². The van der Waals surface area contributed by atoms with Crippen LogP contribution in [-0.4, -0.2) is 47.0 Å². The number of aliphatic hydroxyl groups excluding tert-OH is 2. The average molecular weight is 404 g/mol. The van der Waals surface area contributed by atoms with Gasteiger partial charge in [-0.1, -0.05) is 41.0 Å². The zero-order chi connectivity index (χ0) is 20.7. The second-order valence-corrected chi connectivity index (χ2v) is 9.18. The van der Waals surface area contributed by atoms with E-state index in [0.29, 0.717) is 18.2 Å². The Morgan fingerprint density at radius 1 is 1.33 bits per heavy atom. The number of nitrogens with zero attached hydrogens (tertiary/aromatic N) is 4. The SMILES string of the molecule is CN1CC[C@]23C4=C5CC=C(O)C4(c4cccc(N=[N+]=[N-])c4)O[C@H]2[C@@H](O)C=C[C@H]3[C@H]1C5. The predicted octanol–water partition coefficient (Wildman–Crippen LogP) is 4.01. The van der Waals surface area contributed by atoms with Gasteiger partial charge in [0, 0.05) is 28.0 Å². The molecule has 5 aliphatic rings. The molecule has 1 unspecified atom stereocenters. The number of allylic oxidation sites excluding steroid dienone is 1. The predicted molar refractivity (Wildman–Crippen MR) is 111 cm³/mol. The third-order valence-corrected chi connectivity index (χ3v) is 8.03. The lowest BCUT2D eigenvalue weighted by molar-refractivity contribution is -0.121. The highest BCUT2D eigenvalue weighted by molar-refractivity contribution is 5.58. The number of hydrogen-bond donors (Lipinski definition) is 2. The van der Waals surface area contributed by atoms with Crippen molar-refractivity contribution in [2.75, 3.05) is 13.6 Å². The first kappa shape index (κ1) is 18.2. The van der Waals surface area contributed by atoms with Crippen LogP contribution in [0.15, 0.2) is 64.5 Å². The van der Waals surface area contributed by atoms with Crippen molar-refractivity contribution in [2.24, 2.45) is 16.4 Å². The molecule has 0 aromatic heterocycles. The lowest BCUT2D eigenvalue weighted by atomic mass is 9.50. The van der Waals surface area contributed by atoms with Crippen LogP contribution in [0.3, 0.4) is 0 Å². The molecular weight excluding hydrogens is 380 g/mol. The van der Waals surface area contributed by atoms with Gasteiger partial charge in [-0.3, -0.25) is 0 Å². The normalized spacial score (nSPS) is 41.2. The van der Waals surface area contributed by atoms with Crippen molar-refractivity contribution >= 4 is 5.69 Å². The van der Waals surface area contributed by atoms with Gasteiger partial charge in [0.25, 0.3) is 0 Å². The van der Waals surface area contributed by atoms with Gasteiger partial charge in [0.15, 0.2) is 5.60 Å². The molecule has 7 heteroatoms. The summed E-state index contributed by atoms with van der Waals surface area (Å²) >= 11 is 0. The van der Waals surface area contributed by atoms with Crippen molar-refractivity contribution in [3.8, 4) is 0 Å². The molecule has 154 valence electrons. The fourth-order valence-electron chi connectivity index (χ4n) is 6.92. The summed E-state index contributed by atoms with van der Waals surface area (Å²) in [5, 5.41) is 26.1. The van der Waals surface area contributed by atoms with Gasteiger partial charge in [-0.05, 0) is 61.7 Å². The fourth-order valence-corrected chi connectivity index (χ4v) is 6.92. The molecule has 7 nitrogen and oxygen atoms in total. The summed E-state index contributed by atoms with van der Waals surface area (Å²) in [7, 11) is 2.18. The Morgan fingerprint density at radius 3 is 3.03 bits per heavy atom. The van der Waals surface area contributed by atoms with Crippen molar-refractivity contribution in [3.63, 3.8) is 0 Å². The Kier molecular flexibility index (Phi) is 3.64. The third-order valence-electron chi connectivity index (χ3n) is 8.03. The van der Waals surface area contributed by atoms with Crippen LogP contribution in [0, 0.1) is 11.3 Å². The number of ether oxygens (including phenoxy) is 1. The summed E-state index contributed by atoms with van der Waals surface area (Å²) in [6.07, 6.45) is 7.25. The first-order chi connectivity index (χ1) is 14.5. The van der Waals surface area contributed by atoms with Crippen molar-refractivity contribution in [1.29, 1.82) is 0 Å². The topological polar surface area (TPSA) is 102 Å². The molecule has 6 atom stereocenters. The molecule has 2 bridgehead atoms. The molecular formula is C23H24N4O3. The highest BCUT2D eigenvalue weighted by atomic mass is 16.5. The molecule has 30 heavy (non-hydrogen) atoms. The van der Waals surface area contributed by atoms with E-state index < -0.39 is 17.8 Å². The molecule has 6 rings (SSSR count). The minimum Gasteiger partial charge on any atom is -0.509 e. The van der Waals surface area contributed by atoms with Crippen LogP contribution >= 0.6 is 0 Å². The van der Waals surface area contributed by atoms with Gasteiger partial charge in [-0.25, -0.2) is 0 Å². The van der Waals surface area contributed by atoms with E-state index in [4.69, 9.17) is 10.3 Å². The molecule has 0 amide bonds. The number of likely N-dealkylation sites (tertiary alicyclic amines) is 1. The number of azide groups is 1. The lowest BCUT2D eigenvalue weighted by Gasteiger charge is -2.58. The van der Waals surface area contributed by atoms with E-state index in [2.05, 4.69) is 28.0 Å². The van der Waals surface area contributed by atoms with Crippen LogP contribution in [0.1, 0.15) is 24.8 Å². The van der Waals surface area contributed by atoms with E-state index in [-0.39, 0.29) is 17.1 Å². The molecule has 1 aromatic carbocycles. The summed E-state index contributed by atoms with van der Waals surface area (Å²) in [5.74, 6) is 0.405. The molecule has 2 saturated heterocycles. The maximum Gasteiger partial charge on any atom is 0.172 e. The zero-order valence-corrected chi connectivity index (χ0v) is 16.8. The molecule has 1 spiro atoms. The van der Waals surface area contributed by atoms with E-state index >= 15 is 0 Å². The Morgan fingerprint density at radius 2 is 2.20 bits per heavy atom. The van der Waals surface area contributed by atoms with Gasteiger partial charge in [0.1, 0.15) is 5.76 Å². The lowest BCUT2D eigenvalue weighted by Crippen LogP contribution is -2.61. The molecule has 2 aliphatic heterocycles. The summed E-state index contributed by atoms with van der Waals surface area (Å²) in [4.78, 5) is 5.34. The third kappa shape index (κ3) is 1.99. The quantitative estimate of drug-likeness (QED) is 0.337. The van der Waals surface area contributed by atoms with E-state index in [0.717, 1.165) is 30.5 Å². The highest BCUT2D eigenvalue weighted by Gasteiger charge is 2.71. The fraction of sp³-hybridized carbons (Fsp3) is 0.478. The minimum atomic E-state index is -1.13. The van der Waals surface area contributed by atoms with E-state index in [1.54, 1.807) is 12.1 Å². The number of benzene rings is 1. The van der Waals surface area contributed by atoms with Crippen LogP contribution in [0.4, 0.5) is 5.69 Å². The Balaban J connectivity index is 1.65. The van der Waals surface area contributed by atoms with Crippen molar-refractivity contribution in [3.05, 3.63) is 75.4 Å². The van der Waals surface area contributed by atoms with Gasteiger partial charge < -0.3 is 19.8 Å². The second-order valence-electron chi connectivity index (χ2n) is 9.18. The highest BCUT2D eigenvalue weighted by Crippen LogP contribution is 2.70. The van der Waals surface area contributed by atoms with Gasteiger partial charge >= 0.3 is 0 Å². The van der Waals surface area contributed by atoms with Gasteiger partial charge in [0.2, 0.25) is 0 Å². The maximum absolute atomic E-state index is 11.3. The van der Waals surface area contributed by atoms with Crippen molar-refractivity contribution in [1.82, 2.24) is 4.90 Å². The standard InChI is InChI=1S/C23H24N4O3/c1-27-10-9-22-16-6-7-18(28)21(22)30-23(14-3-2-4-15(12-14)25-26-24)19(29)8-5-13(20(22)23)11-17(16)27/h2-4,6-8,12,16-18,21,28-29H,5,9-11H2,1H3/t16-,17+,18-,21-,22-,23?/m0/s1. The van der Waals surface area contributed by atoms with Gasteiger partial charge in [-0.2, -0.15) is 0 Å². The molecule has 2 heterocycles. The molecule has 2 fully saturated rings.